The van der Waals surface area contributed by atoms with Crippen molar-refractivity contribution in [1.82, 2.24) is 25.0 Å². The van der Waals surface area contributed by atoms with E-state index in [2.05, 4.69) is 25.6 Å². The Hall–Kier alpha value is -3.17. The smallest absolute Gasteiger partial charge is 0.234 e. The summed E-state index contributed by atoms with van der Waals surface area (Å²) < 4.78 is 7.10. The average Bonchev–Trinajstić information content (AvgIpc) is 3.19. The van der Waals surface area contributed by atoms with Crippen LogP contribution in [0, 0.1) is 0 Å². The quantitative estimate of drug-likeness (QED) is 0.317. The summed E-state index contributed by atoms with van der Waals surface area (Å²) in [6.07, 6.45) is 1.46. The molecule has 4 rings (SSSR count). The van der Waals surface area contributed by atoms with Crippen molar-refractivity contribution in [1.29, 1.82) is 0 Å². The van der Waals surface area contributed by atoms with Crippen molar-refractivity contribution < 1.29 is 9.53 Å². The zero-order chi connectivity index (χ0) is 21.6. The fourth-order valence-electron chi connectivity index (χ4n) is 2.88. The van der Waals surface area contributed by atoms with Crippen molar-refractivity contribution in [3.63, 3.8) is 0 Å². The predicted octanol–water partition coefficient (Wildman–Crippen LogP) is 4.05. The zero-order valence-electron chi connectivity index (χ0n) is 16.7. The van der Waals surface area contributed by atoms with E-state index in [0.29, 0.717) is 40.1 Å². The minimum Gasteiger partial charge on any atom is -0.494 e. The number of benzene rings is 2. The van der Waals surface area contributed by atoms with Gasteiger partial charge < -0.3 is 10.1 Å². The number of ether oxygens (including phenoxy) is 1. The summed E-state index contributed by atoms with van der Waals surface area (Å²) in [4.78, 5) is 20.9. The minimum absolute atomic E-state index is 0.144. The summed E-state index contributed by atoms with van der Waals surface area (Å²) in [7, 11) is 0. The van der Waals surface area contributed by atoms with Gasteiger partial charge in [0.1, 0.15) is 17.1 Å². The van der Waals surface area contributed by atoms with E-state index in [4.69, 9.17) is 16.3 Å². The Morgan fingerprint density at radius 1 is 1.13 bits per heavy atom. The molecular formula is C21H19ClN6O2S. The highest BCUT2D eigenvalue weighted by atomic mass is 35.5. The van der Waals surface area contributed by atoms with Crippen LogP contribution in [0.25, 0.3) is 11.2 Å². The van der Waals surface area contributed by atoms with Crippen molar-refractivity contribution in [2.75, 3.05) is 17.7 Å². The number of nitrogens with one attached hydrogen (secondary N) is 1. The number of hydrogen-bond donors (Lipinski definition) is 1. The molecule has 0 atom stereocenters. The van der Waals surface area contributed by atoms with Gasteiger partial charge in [-0.2, -0.15) is 0 Å². The summed E-state index contributed by atoms with van der Waals surface area (Å²) >= 11 is 7.23. The molecule has 1 amide bonds. The van der Waals surface area contributed by atoms with E-state index in [-0.39, 0.29) is 11.7 Å². The third-order valence-corrected chi connectivity index (χ3v) is 5.53. The molecule has 0 aliphatic heterocycles. The molecule has 0 fully saturated rings. The number of hydrogen-bond acceptors (Lipinski definition) is 7. The van der Waals surface area contributed by atoms with Crippen molar-refractivity contribution in [2.24, 2.45) is 0 Å². The lowest BCUT2D eigenvalue weighted by molar-refractivity contribution is -0.113. The van der Waals surface area contributed by atoms with E-state index in [1.807, 2.05) is 43.3 Å². The molecule has 31 heavy (non-hydrogen) atoms. The van der Waals surface area contributed by atoms with E-state index in [9.17, 15) is 4.79 Å². The summed E-state index contributed by atoms with van der Waals surface area (Å²) in [5, 5.41) is 12.6. The molecule has 4 aromatic rings. The molecular weight excluding hydrogens is 436 g/mol. The fraction of sp³-hybridized carbons (Fsp3) is 0.190. The third kappa shape index (κ3) is 5.31. The van der Waals surface area contributed by atoms with Gasteiger partial charge >= 0.3 is 0 Å². The lowest BCUT2D eigenvalue weighted by atomic mass is 10.2. The Labute approximate surface area is 188 Å². The van der Waals surface area contributed by atoms with Crippen LogP contribution in [0.5, 0.6) is 5.75 Å². The average molecular weight is 455 g/mol. The van der Waals surface area contributed by atoms with Gasteiger partial charge in [0.05, 0.1) is 18.9 Å². The number of nitrogens with zero attached hydrogens (tertiary/aromatic N) is 5. The summed E-state index contributed by atoms with van der Waals surface area (Å²) in [6, 6.07) is 14.8. The van der Waals surface area contributed by atoms with Crippen LogP contribution in [0.15, 0.2) is 59.9 Å². The standard InChI is InChI=1S/C21H19ClN6O2S/c1-2-30-17-9-7-16(8-10-17)25-18(29)12-31-21-19-20(23-13-24-21)28(27-26-19)11-14-3-5-15(22)6-4-14/h3-10,13H,2,11-12H2,1H3,(H,25,29). The van der Waals surface area contributed by atoms with Gasteiger partial charge in [0.2, 0.25) is 5.91 Å². The van der Waals surface area contributed by atoms with Gasteiger partial charge in [-0.1, -0.05) is 40.7 Å². The third-order valence-electron chi connectivity index (χ3n) is 4.30. The first-order valence-corrected chi connectivity index (χ1v) is 10.9. The number of carbonyl (C=O) groups excluding carboxylic acids is 1. The van der Waals surface area contributed by atoms with Crippen molar-refractivity contribution in [3.8, 4) is 5.75 Å². The van der Waals surface area contributed by atoms with Crippen LogP contribution in [-0.4, -0.2) is 43.2 Å². The number of rotatable bonds is 8. The molecule has 1 N–H and O–H groups in total. The molecule has 2 aromatic carbocycles. The van der Waals surface area contributed by atoms with E-state index in [1.54, 1.807) is 16.8 Å². The molecule has 2 aromatic heterocycles. The molecule has 0 saturated heterocycles. The lowest BCUT2D eigenvalue weighted by Crippen LogP contribution is -2.14. The highest BCUT2D eigenvalue weighted by Gasteiger charge is 2.14. The summed E-state index contributed by atoms with van der Waals surface area (Å²) in [5.74, 6) is 0.804. The molecule has 0 spiro atoms. The maximum atomic E-state index is 12.3. The highest BCUT2D eigenvalue weighted by Crippen LogP contribution is 2.23. The molecule has 0 aliphatic carbocycles. The van der Waals surface area contributed by atoms with Crippen molar-refractivity contribution in [3.05, 3.63) is 65.4 Å². The monoisotopic (exact) mass is 454 g/mol. The van der Waals surface area contributed by atoms with Gasteiger partial charge in [0.25, 0.3) is 0 Å². The van der Waals surface area contributed by atoms with Crippen LogP contribution in [0.4, 0.5) is 5.69 Å². The maximum absolute atomic E-state index is 12.3. The molecule has 0 saturated carbocycles. The topological polar surface area (TPSA) is 94.8 Å². The number of aromatic nitrogens is 5. The Morgan fingerprint density at radius 3 is 2.65 bits per heavy atom. The van der Waals surface area contributed by atoms with Gasteiger partial charge in [-0.05, 0) is 48.9 Å². The Bertz CT molecular complexity index is 1180. The van der Waals surface area contributed by atoms with Crippen LogP contribution in [0.1, 0.15) is 12.5 Å². The second kappa shape index (κ2) is 9.76. The minimum atomic E-state index is -0.144. The second-order valence-electron chi connectivity index (χ2n) is 6.52. The number of fused-ring (bicyclic) bond motifs is 1. The SMILES string of the molecule is CCOc1ccc(NC(=O)CSc2ncnc3c2nnn3Cc2ccc(Cl)cc2)cc1. The first kappa shape index (κ1) is 21.1. The zero-order valence-corrected chi connectivity index (χ0v) is 18.2. The molecule has 158 valence electrons. The van der Waals surface area contributed by atoms with Gasteiger partial charge in [0.15, 0.2) is 11.2 Å². The normalized spacial score (nSPS) is 10.9. The Morgan fingerprint density at radius 2 is 1.90 bits per heavy atom. The molecule has 8 nitrogen and oxygen atoms in total. The van der Waals surface area contributed by atoms with Crippen LogP contribution in [-0.2, 0) is 11.3 Å². The predicted molar refractivity (Wildman–Crippen MR) is 121 cm³/mol. The van der Waals surface area contributed by atoms with Gasteiger partial charge in [-0.15, -0.1) is 5.10 Å². The molecule has 0 radical (unpaired) electrons. The summed E-state index contributed by atoms with van der Waals surface area (Å²) in [6.45, 7) is 3.03. The maximum Gasteiger partial charge on any atom is 0.234 e. The number of halogens is 1. The molecule has 0 aliphatic rings. The largest absolute Gasteiger partial charge is 0.494 e. The number of carbonyl (C=O) groups is 1. The van der Waals surface area contributed by atoms with Gasteiger partial charge in [-0.3, -0.25) is 4.79 Å². The molecule has 0 bridgehead atoms. The lowest BCUT2D eigenvalue weighted by Gasteiger charge is -2.07. The first-order chi connectivity index (χ1) is 15.1. The Balaban J connectivity index is 1.41. The van der Waals surface area contributed by atoms with Crippen LogP contribution >= 0.6 is 23.4 Å². The summed E-state index contributed by atoms with van der Waals surface area (Å²) in [5.41, 5.74) is 2.91. The van der Waals surface area contributed by atoms with Crippen molar-refractivity contribution in [2.45, 2.75) is 18.5 Å². The second-order valence-corrected chi connectivity index (χ2v) is 7.92. The molecule has 2 heterocycles. The molecule has 10 heteroatoms. The van der Waals surface area contributed by atoms with Crippen LogP contribution < -0.4 is 10.1 Å². The van der Waals surface area contributed by atoms with E-state index < -0.39 is 0 Å². The van der Waals surface area contributed by atoms with E-state index >= 15 is 0 Å². The van der Waals surface area contributed by atoms with Gasteiger partial charge in [0, 0.05) is 10.7 Å². The number of amides is 1. The number of thioether (sulfide) groups is 1. The van der Waals surface area contributed by atoms with Crippen LogP contribution in [0.3, 0.4) is 0 Å². The molecule has 0 unspecified atom stereocenters. The first-order valence-electron chi connectivity index (χ1n) is 9.56. The van der Waals surface area contributed by atoms with Gasteiger partial charge in [-0.25, -0.2) is 14.6 Å². The number of anilines is 1. The van der Waals surface area contributed by atoms with Crippen molar-refractivity contribution >= 4 is 46.1 Å². The van der Waals surface area contributed by atoms with E-state index in [1.165, 1.54) is 18.1 Å². The highest BCUT2D eigenvalue weighted by molar-refractivity contribution is 8.00. The van der Waals surface area contributed by atoms with Crippen LogP contribution in [0.2, 0.25) is 5.02 Å². The Kier molecular flexibility index (Phi) is 6.63. The van der Waals surface area contributed by atoms with E-state index in [0.717, 1.165) is 11.3 Å². The fourth-order valence-corrected chi connectivity index (χ4v) is 3.73.